The molecule has 0 aliphatic heterocycles. The predicted octanol–water partition coefficient (Wildman–Crippen LogP) is 5.53. The summed E-state index contributed by atoms with van der Waals surface area (Å²) in [6.45, 7) is 2.16. The lowest BCUT2D eigenvalue weighted by Crippen LogP contribution is -1.85. The number of hydrogen-bond acceptors (Lipinski definition) is 0. The van der Waals surface area contributed by atoms with Gasteiger partial charge in [0.2, 0.25) is 0 Å². The molecule has 0 heterocycles. The molecule has 0 saturated heterocycles. The molecule has 3 aromatic carbocycles. The monoisotopic (exact) mass is 274 g/mol. The third-order valence-electron chi connectivity index (χ3n) is 3.34. The lowest BCUT2D eigenvalue weighted by atomic mass is 10.1. The van der Waals surface area contributed by atoms with Crippen LogP contribution in [0.5, 0.6) is 0 Å². The van der Waals surface area contributed by atoms with Crippen molar-refractivity contribution in [3.8, 4) is 0 Å². The molecule has 0 N–H and O–H groups in total. The van der Waals surface area contributed by atoms with E-state index in [0.29, 0.717) is 0 Å². The van der Waals surface area contributed by atoms with Gasteiger partial charge in [-0.05, 0) is 29.5 Å². The summed E-state index contributed by atoms with van der Waals surface area (Å²) in [7, 11) is 0. The van der Waals surface area contributed by atoms with Gasteiger partial charge in [-0.2, -0.15) is 0 Å². The maximum Gasteiger partial charge on any atom is -0.00258 e. The van der Waals surface area contributed by atoms with Crippen molar-refractivity contribution in [3.05, 3.63) is 108 Å². The minimum atomic E-state index is 1.03. The maximum atomic E-state index is 2.16. The average molecular weight is 274 g/mol. The number of benzene rings is 3. The van der Waals surface area contributed by atoms with E-state index >= 15 is 0 Å². The minimum Gasteiger partial charge on any atom is -0.0622 e. The summed E-state index contributed by atoms with van der Waals surface area (Å²) >= 11 is 0. The van der Waals surface area contributed by atoms with Gasteiger partial charge in [-0.1, -0.05) is 97.9 Å². The van der Waals surface area contributed by atoms with Gasteiger partial charge in [0.05, 0.1) is 0 Å². The van der Waals surface area contributed by atoms with E-state index in [-0.39, 0.29) is 0 Å². The molecule has 0 bridgehead atoms. The van der Waals surface area contributed by atoms with E-state index in [1.165, 1.54) is 16.7 Å². The van der Waals surface area contributed by atoms with E-state index in [2.05, 4.69) is 91.9 Å². The van der Waals surface area contributed by atoms with Crippen LogP contribution < -0.4 is 0 Å². The molecule has 0 nitrogen and oxygen atoms in total. The Labute approximate surface area is 128 Å². The van der Waals surface area contributed by atoms with Crippen LogP contribution in [0.3, 0.4) is 0 Å². The first-order chi connectivity index (χ1) is 10.4. The Morgan fingerprint density at radius 3 is 1.10 bits per heavy atom. The molecular weight excluding hydrogens is 252 g/mol. The van der Waals surface area contributed by atoms with Gasteiger partial charge in [0.1, 0.15) is 0 Å². The van der Waals surface area contributed by atoms with Crippen molar-refractivity contribution in [2.75, 3.05) is 0 Å². The summed E-state index contributed by atoms with van der Waals surface area (Å²) in [6, 6.07) is 31.5. The van der Waals surface area contributed by atoms with Gasteiger partial charge in [-0.25, -0.2) is 0 Å². The number of hydrogen-bond donors (Lipinski definition) is 0. The largest absolute Gasteiger partial charge is 0.0622 e. The Balaban J connectivity index is 0.000000173. The van der Waals surface area contributed by atoms with Crippen molar-refractivity contribution in [2.45, 2.75) is 19.8 Å². The molecule has 0 saturated carbocycles. The highest BCUT2D eigenvalue weighted by atomic mass is 14.0. The summed E-state index contributed by atoms with van der Waals surface area (Å²) in [5.41, 5.74) is 4.15. The molecule has 0 aliphatic carbocycles. The molecule has 21 heavy (non-hydrogen) atoms. The Hall–Kier alpha value is -2.34. The van der Waals surface area contributed by atoms with Crippen molar-refractivity contribution in [2.24, 2.45) is 0 Å². The molecule has 3 aromatic rings. The van der Waals surface area contributed by atoms with Gasteiger partial charge >= 0.3 is 0 Å². The van der Waals surface area contributed by atoms with Crippen LogP contribution in [0.2, 0.25) is 0 Å². The fraction of sp³-hybridized carbons (Fsp3) is 0.143. The molecule has 0 heteroatoms. The van der Waals surface area contributed by atoms with Gasteiger partial charge in [0, 0.05) is 0 Å². The van der Waals surface area contributed by atoms with Crippen LogP contribution in [-0.4, -0.2) is 0 Å². The zero-order chi connectivity index (χ0) is 14.8. The Bertz CT molecular complexity index is 560. The Morgan fingerprint density at radius 1 is 0.476 bits per heavy atom. The first-order valence-corrected chi connectivity index (χ1v) is 7.50. The number of aryl methyl sites for hydroxylation is 1. The fourth-order valence-electron chi connectivity index (χ4n) is 2.14. The highest BCUT2D eigenvalue weighted by molar-refractivity contribution is 5.25. The normalized spacial score (nSPS) is 9.57. The molecule has 0 aliphatic rings. The molecule has 0 radical (unpaired) electrons. The van der Waals surface area contributed by atoms with Gasteiger partial charge < -0.3 is 0 Å². The standard InChI is InChI=1S/C13H12.C8H10/c1-3-7-12(8-4-1)11-13-9-5-2-6-10-13;1-2-8-6-4-3-5-7-8/h1-10H,11H2;3-7H,2H2,1H3. The molecule has 0 atom stereocenters. The molecular formula is C21H22. The van der Waals surface area contributed by atoms with E-state index in [0.717, 1.165) is 12.8 Å². The zero-order valence-electron chi connectivity index (χ0n) is 12.6. The van der Waals surface area contributed by atoms with E-state index in [1.807, 2.05) is 6.07 Å². The van der Waals surface area contributed by atoms with Gasteiger partial charge in [-0.3, -0.25) is 0 Å². The molecule has 106 valence electrons. The molecule has 0 unspecified atom stereocenters. The van der Waals surface area contributed by atoms with Crippen molar-refractivity contribution >= 4 is 0 Å². The molecule has 0 spiro atoms. The molecule has 0 fully saturated rings. The van der Waals surface area contributed by atoms with Crippen LogP contribution in [0.25, 0.3) is 0 Å². The second-order valence-electron chi connectivity index (χ2n) is 4.99. The first kappa shape index (κ1) is 15.1. The van der Waals surface area contributed by atoms with Crippen molar-refractivity contribution in [1.29, 1.82) is 0 Å². The van der Waals surface area contributed by atoms with Crippen LogP contribution in [0.4, 0.5) is 0 Å². The fourth-order valence-corrected chi connectivity index (χ4v) is 2.14. The van der Waals surface area contributed by atoms with Crippen LogP contribution >= 0.6 is 0 Å². The van der Waals surface area contributed by atoms with Crippen LogP contribution in [0.15, 0.2) is 91.0 Å². The van der Waals surface area contributed by atoms with Gasteiger partial charge in [0.25, 0.3) is 0 Å². The summed E-state index contributed by atoms with van der Waals surface area (Å²) in [6.07, 6.45) is 2.17. The minimum absolute atomic E-state index is 1.03. The quantitative estimate of drug-likeness (QED) is 0.589. The highest BCUT2D eigenvalue weighted by Gasteiger charge is 1.92. The summed E-state index contributed by atoms with van der Waals surface area (Å²) in [5, 5.41) is 0. The summed E-state index contributed by atoms with van der Waals surface area (Å²) < 4.78 is 0. The third kappa shape index (κ3) is 5.66. The highest BCUT2D eigenvalue weighted by Crippen LogP contribution is 2.07. The molecule has 0 amide bonds. The topological polar surface area (TPSA) is 0 Å². The average Bonchev–Trinajstić information content (AvgIpc) is 2.58. The summed E-state index contributed by atoms with van der Waals surface area (Å²) in [4.78, 5) is 0. The van der Waals surface area contributed by atoms with E-state index in [1.54, 1.807) is 0 Å². The predicted molar refractivity (Wildman–Crippen MR) is 91.5 cm³/mol. The van der Waals surface area contributed by atoms with Crippen molar-refractivity contribution < 1.29 is 0 Å². The number of rotatable bonds is 3. The van der Waals surface area contributed by atoms with Crippen LogP contribution in [0.1, 0.15) is 23.6 Å². The molecule has 3 rings (SSSR count). The zero-order valence-corrected chi connectivity index (χ0v) is 12.6. The molecule has 0 aromatic heterocycles. The van der Waals surface area contributed by atoms with E-state index < -0.39 is 0 Å². The maximum absolute atomic E-state index is 2.16. The Kier molecular flexibility index (Phi) is 6.28. The lowest BCUT2D eigenvalue weighted by molar-refractivity contribution is 1.14. The lowest BCUT2D eigenvalue weighted by Gasteiger charge is -2.00. The van der Waals surface area contributed by atoms with Crippen molar-refractivity contribution in [1.82, 2.24) is 0 Å². The van der Waals surface area contributed by atoms with Crippen LogP contribution in [0, 0.1) is 0 Å². The van der Waals surface area contributed by atoms with Crippen molar-refractivity contribution in [3.63, 3.8) is 0 Å². The Morgan fingerprint density at radius 2 is 0.810 bits per heavy atom. The van der Waals surface area contributed by atoms with E-state index in [4.69, 9.17) is 0 Å². The second-order valence-corrected chi connectivity index (χ2v) is 4.99. The first-order valence-electron chi connectivity index (χ1n) is 7.50. The van der Waals surface area contributed by atoms with Gasteiger partial charge in [-0.15, -0.1) is 0 Å². The van der Waals surface area contributed by atoms with Crippen LogP contribution in [-0.2, 0) is 12.8 Å². The summed E-state index contributed by atoms with van der Waals surface area (Å²) in [5.74, 6) is 0. The third-order valence-corrected chi connectivity index (χ3v) is 3.34. The SMILES string of the molecule is CCc1ccccc1.c1ccc(Cc2ccccc2)cc1. The second kappa shape index (κ2) is 8.76. The van der Waals surface area contributed by atoms with Gasteiger partial charge in [0.15, 0.2) is 0 Å². The van der Waals surface area contributed by atoms with E-state index in [9.17, 15) is 0 Å². The smallest absolute Gasteiger partial charge is 0.00258 e.